The standard InChI is InChI=1S/C15H10Cl2FNO4/c1-6-11(15(21)22)12(18)14(23-7(2)20)19-13(6)8-3-9(16)5-10(17)4-8/h3-5H,1-2H3,(H,21,22). The minimum Gasteiger partial charge on any atom is -0.478 e. The van der Waals surface area contributed by atoms with Gasteiger partial charge in [0.25, 0.3) is 5.88 Å². The maximum Gasteiger partial charge on any atom is 0.339 e. The molecule has 0 saturated heterocycles. The SMILES string of the molecule is CC(=O)Oc1nc(-c2cc(Cl)cc(Cl)c2)c(C)c(C(=O)O)c1F. The number of carboxylic acid groups (broad SMARTS) is 1. The quantitative estimate of drug-likeness (QED) is 0.835. The van der Waals surface area contributed by atoms with E-state index in [0.29, 0.717) is 15.6 Å². The molecule has 1 N–H and O–H groups in total. The van der Waals surface area contributed by atoms with E-state index in [1.165, 1.54) is 25.1 Å². The molecule has 2 aromatic rings. The Labute approximate surface area is 140 Å². The molecule has 0 unspecified atom stereocenters. The van der Waals surface area contributed by atoms with Crippen molar-refractivity contribution in [1.29, 1.82) is 0 Å². The Hall–Kier alpha value is -2.18. The highest BCUT2D eigenvalue weighted by Gasteiger charge is 2.25. The highest BCUT2D eigenvalue weighted by Crippen LogP contribution is 2.33. The number of ether oxygens (including phenoxy) is 1. The number of benzene rings is 1. The Morgan fingerprint density at radius 1 is 1.22 bits per heavy atom. The number of halogens is 3. The summed E-state index contributed by atoms with van der Waals surface area (Å²) in [7, 11) is 0. The third kappa shape index (κ3) is 3.60. The van der Waals surface area contributed by atoms with Crippen molar-refractivity contribution in [2.45, 2.75) is 13.8 Å². The summed E-state index contributed by atoms with van der Waals surface area (Å²) < 4.78 is 18.9. The number of carbonyl (C=O) groups is 2. The Morgan fingerprint density at radius 2 is 1.78 bits per heavy atom. The number of pyridine rings is 1. The third-order valence-electron chi connectivity index (χ3n) is 2.94. The van der Waals surface area contributed by atoms with Crippen LogP contribution in [0.3, 0.4) is 0 Å². The van der Waals surface area contributed by atoms with Gasteiger partial charge in [-0.15, -0.1) is 0 Å². The van der Waals surface area contributed by atoms with Crippen molar-refractivity contribution in [3.05, 3.63) is 45.2 Å². The highest BCUT2D eigenvalue weighted by molar-refractivity contribution is 6.35. The van der Waals surface area contributed by atoms with Crippen LogP contribution in [0.4, 0.5) is 4.39 Å². The predicted molar refractivity (Wildman–Crippen MR) is 82.7 cm³/mol. The van der Waals surface area contributed by atoms with Gasteiger partial charge in [-0.3, -0.25) is 4.79 Å². The molecule has 2 rings (SSSR count). The number of nitrogens with zero attached hydrogens (tertiary/aromatic N) is 1. The molecule has 0 spiro atoms. The van der Waals surface area contributed by atoms with E-state index < -0.39 is 29.2 Å². The van der Waals surface area contributed by atoms with Gasteiger partial charge >= 0.3 is 11.9 Å². The van der Waals surface area contributed by atoms with Gasteiger partial charge in [0, 0.05) is 22.5 Å². The maximum atomic E-state index is 14.2. The van der Waals surface area contributed by atoms with Gasteiger partial charge < -0.3 is 9.84 Å². The van der Waals surface area contributed by atoms with E-state index in [4.69, 9.17) is 23.2 Å². The number of hydrogen-bond donors (Lipinski definition) is 1. The zero-order valence-electron chi connectivity index (χ0n) is 12.0. The molecule has 0 fully saturated rings. The lowest BCUT2D eigenvalue weighted by Crippen LogP contribution is -2.12. The summed E-state index contributed by atoms with van der Waals surface area (Å²) >= 11 is 11.8. The minimum atomic E-state index is -1.51. The third-order valence-corrected chi connectivity index (χ3v) is 3.38. The second-order valence-electron chi connectivity index (χ2n) is 4.64. The minimum absolute atomic E-state index is 0.0595. The maximum absolute atomic E-state index is 14.2. The fourth-order valence-corrected chi connectivity index (χ4v) is 2.58. The summed E-state index contributed by atoms with van der Waals surface area (Å²) in [5.74, 6) is -4.27. The van der Waals surface area contributed by atoms with Crippen molar-refractivity contribution < 1.29 is 23.8 Å². The average Bonchev–Trinajstić information content (AvgIpc) is 2.40. The molecule has 0 aliphatic rings. The molecule has 1 aromatic carbocycles. The van der Waals surface area contributed by atoms with E-state index in [9.17, 15) is 19.1 Å². The van der Waals surface area contributed by atoms with Crippen LogP contribution < -0.4 is 4.74 Å². The normalized spacial score (nSPS) is 10.5. The highest BCUT2D eigenvalue weighted by atomic mass is 35.5. The van der Waals surface area contributed by atoms with Crippen molar-refractivity contribution in [2.75, 3.05) is 0 Å². The number of carbonyl (C=O) groups excluding carboxylic acids is 1. The van der Waals surface area contributed by atoms with Crippen molar-refractivity contribution in [3.63, 3.8) is 0 Å². The van der Waals surface area contributed by atoms with Gasteiger partial charge in [-0.2, -0.15) is 0 Å². The molecule has 1 aromatic heterocycles. The predicted octanol–water partition coefficient (Wildman–Crippen LogP) is 4.13. The van der Waals surface area contributed by atoms with Crippen LogP contribution in [0.5, 0.6) is 5.88 Å². The molecule has 0 saturated carbocycles. The van der Waals surface area contributed by atoms with Crippen LogP contribution in [-0.2, 0) is 4.79 Å². The van der Waals surface area contributed by atoms with Crippen LogP contribution in [-0.4, -0.2) is 22.0 Å². The number of rotatable bonds is 3. The lowest BCUT2D eigenvalue weighted by molar-refractivity contribution is -0.132. The van der Waals surface area contributed by atoms with E-state index in [1.54, 1.807) is 0 Å². The van der Waals surface area contributed by atoms with Crippen molar-refractivity contribution in [3.8, 4) is 17.1 Å². The molecule has 0 radical (unpaired) electrons. The first-order valence-corrected chi connectivity index (χ1v) is 7.04. The summed E-state index contributed by atoms with van der Waals surface area (Å²) in [6, 6.07) is 4.46. The molecule has 1 heterocycles. The number of aromatic nitrogens is 1. The molecule has 0 aliphatic carbocycles. The van der Waals surface area contributed by atoms with E-state index in [2.05, 4.69) is 9.72 Å². The largest absolute Gasteiger partial charge is 0.478 e. The van der Waals surface area contributed by atoms with Crippen LogP contribution in [0, 0.1) is 12.7 Å². The summed E-state index contributed by atoms with van der Waals surface area (Å²) in [5, 5.41) is 9.82. The van der Waals surface area contributed by atoms with Crippen molar-refractivity contribution >= 4 is 35.1 Å². The number of esters is 1. The van der Waals surface area contributed by atoms with Gasteiger partial charge in [-0.25, -0.2) is 14.2 Å². The fourth-order valence-electron chi connectivity index (χ4n) is 2.05. The second kappa shape index (κ2) is 6.52. The molecule has 0 amide bonds. The summed E-state index contributed by atoms with van der Waals surface area (Å²) in [6.07, 6.45) is 0. The van der Waals surface area contributed by atoms with E-state index >= 15 is 0 Å². The Morgan fingerprint density at radius 3 is 2.26 bits per heavy atom. The molecule has 0 aliphatic heterocycles. The molecule has 8 heteroatoms. The Bertz CT molecular complexity index is 803. The molecular formula is C15H10Cl2FNO4. The molecule has 120 valence electrons. The van der Waals surface area contributed by atoms with Crippen molar-refractivity contribution in [2.24, 2.45) is 0 Å². The summed E-state index contributed by atoms with van der Waals surface area (Å²) in [4.78, 5) is 26.3. The smallest absolute Gasteiger partial charge is 0.339 e. The number of carboxylic acids is 1. The molecule has 23 heavy (non-hydrogen) atoms. The Balaban J connectivity index is 2.79. The average molecular weight is 358 g/mol. The van der Waals surface area contributed by atoms with Gasteiger partial charge in [0.15, 0.2) is 0 Å². The molecule has 0 atom stereocenters. The van der Waals surface area contributed by atoms with Crippen LogP contribution in [0.25, 0.3) is 11.3 Å². The first kappa shape index (κ1) is 17.2. The van der Waals surface area contributed by atoms with Gasteiger partial charge in [-0.05, 0) is 30.7 Å². The van der Waals surface area contributed by atoms with Crippen LogP contribution >= 0.6 is 23.2 Å². The number of aromatic carboxylic acids is 1. The first-order chi connectivity index (χ1) is 10.7. The molecular weight excluding hydrogens is 348 g/mol. The monoisotopic (exact) mass is 357 g/mol. The van der Waals surface area contributed by atoms with E-state index in [1.807, 2.05) is 0 Å². The fraction of sp³-hybridized carbons (Fsp3) is 0.133. The van der Waals surface area contributed by atoms with Crippen LogP contribution in [0.2, 0.25) is 10.0 Å². The second-order valence-corrected chi connectivity index (χ2v) is 5.51. The van der Waals surface area contributed by atoms with Crippen LogP contribution in [0.1, 0.15) is 22.8 Å². The lowest BCUT2D eigenvalue weighted by atomic mass is 10.0. The van der Waals surface area contributed by atoms with Crippen LogP contribution in [0.15, 0.2) is 18.2 Å². The summed E-state index contributed by atoms with van der Waals surface area (Å²) in [5.41, 5.74) is -0.105. The first-order valence-electron chi connectivity index (χ1n) is 6.29. The zero-order chi connectivity index (χ0) is 17.3. The van der Waals surface area contributed by atoms with E-state index in [0.717, 1.165) is 6.92 Å². The van der Waals surface area contributed by atoms with Crippen molar-refractivity contribution in [1.82, 2.24) is 4.98 Å². The van der Waals surface area contributed by atoms with Gasteiger partial charge in [-0.1, -0.05) is 23.2 Å². The van der Waals surface area contributed by atoms with Gasteiger partial charge in [0.2, 0.25) is 5.82 Å². The van der Waals surface area contributed by atoms with E-state index in [-0.39, 0.29) is 11.3 Å². The summed E-state index contributed by atoms with van der Waals surface area (Å²) in [6.45, 7) is 2.44. The number of hydrogen-bond acceptors (Lipinski definition) is 4. The molecule has 0 bridgehead atoms. The van der Waals surface area contributed by atoms with Gasteiger partial charge in [0.1, 0.15) is 5.56 Å². The Kier molecular flexibility index (Phi) is 4.87. The lowest BCUT2D eigenvalue weighted by Gasteiger charge is -2.13. The topological polar surface area (TPSA) is 76.5 Å². The zero-order valence-corrected chi connectivity index (χ0v) is 13.5. The van der Waals surface area contributed by atoms with Gasteiger partial charge in [0.05, 0.1) is 5.69 Å². The molecule has 5 nitrogen and oxygen atoms in total.